The van der Waals surface area contributed by atoms with E-state index in [4.69, 9.17) is 9.39 Å². The van der Waals surface area contributed by atoms with Crippen LogP contribution in [0, 0.1) is 34.0 Å². The lowest BCUT2D eigenvalue weighted by molar-refractivity contribution is -0.205. The minimum absolute atomic E-state index is 0.0660. The molecule has 0 radical (unpaired) electrons. The Morgan fingerprint density at radius 3 is 2.86 bits per heavy atom. The number of ketones is 1. The number of fused-ring (bicyclic) bond motifs is 1. The molecule has 0 aromatic carbocycles. The SMILES string of the molecule is C=C[C@]1(C)C[C@@H](OC(=O)CNc2cnc3c(c2)B(O)OC3)[C@@]2(C)[C@@H]3C(=O)CC[C@@]3(CC[C@@H]2C)[C@@H](C)[C@@H]1O. The maximum absolute atomic E-state index is 13.5. The zero-order chi connectivity index (χ0) is 26.8. The number of esters is 1. The van der Waals surface area contributed by atoms with E-state index >= 15 is 0 Å². The monoisotopic (exact) mass is 510 g/mol. The predicted molar refractivity (Wildman–Crippen MR) is 140 cm³/mol. The van der Waals surface area contributed by atoms with E-state index in [0.29, 0.717) is 29.7 Å². The second kappa shape index (κ2) is 9.21. The highest BCUT2D eigenvalue weighted by Crippen LogP contribution is 2.67. The summed E-state index contributed by atoms with van der Waals surface area (Å²) in [5.74, 6) is -0.344. The smallest absolute Gasteiger partial charge is 0.460 e. The summed E-state index contributed by atoms with van der Waals surface area (Å²) in [6.07, 6.45) is 5.67. The third-order valence-corrected chi connectivity index (χ3v) is 10.7. The topological polar surface area (TPSA) is 118 Å². The Morgan fingerprint density at radius 2 is 2.14 bits per heavy atom. The van der Waals surface area contributed by atoms with E-state index in [1.54, 1.807) is 18.3 Å². The number of carbonyl (C=O) groups excluding carboxylic acids is 2. The molecular formula is C28H39BN2O6. The summed E-state index contributed by atoms with van der Waals surface area (Å²) < 4.78 is 11.4. The number of ether oxygens (including phenoxy) is 1. The predicted octanol–water partition coefficient (Wildman–Crippen LogP) is 2.62. The molecule has 3 saturated carbocycles. The second-order valence-corrected chi connectivity index (χ2v) is 12.3. The number of Topliss-reactive ketones (excluding diaryl/α,β-unsaturated/α-hetero) is 1. The summed E-state index contributed by atoms with van der Waals surface area (Å²) in [6, 6.07) is 1.73. The van der Waals surface area contributed by atoms with Gasteiger partial charge in [-0.15, -0.1) is 6.58 Å². The molecule has 200 valence electrons. The summed E-state index contributed by atoms with van der Waals surface area (Å²) in [6.45, 7) is 12.6. The van der Waals surface area contributed by atoms with Crippen molar-refractivity contribution in [3.8, 4) is 0 Å². The van der Waals surface area contributed by atoms with Crippen LogP contribution in [0.2, 0.25) is 0 Å². The molecule has 3 N–H and O–H groups in total. The van der Waals surface area contributed by atoms with Crippen molar-refractivity contribution in [1.29, 1.82) is 0 Å². The van der Waals surface area contributed by atoms with Gasteiger partial charge in [0.25, 0.3) is 0 Å². The average Bonchev–Trinajstić information content (AvgIpc) is 3.43. The van der Waals surface area contributed by atoms with E-state index in [0.717, 1.165) is 19.3 Å². The zero-order valence-corrected chi connectivity index (χ0v) is 22.3. The molecule has 0 amide bonds. The number of aliphatic hydroxyl groups is 1. The van der Waals surface area contributed by atoms with Crippen LogP contribution >= 0.6 is 0 Å². The lowest BCUT2D eigenvalue weighted by atomic mass is 9.44. The van der Waals surface area contributed by atoms with Crippen LogP contribution in [0.1, 0.15) is 65.5 Å². The molecule has 37 heavy (non-hydrogen) atoms. The molecule has 2 heterocycles. The van der Waals surface area contributed by atoms with E-state index in [2.05, 4.69) is 37.7 Å². The van der Waals surface area contributed by atoms with Gasteiger partial charge in [-0.05, 0) is 49.0 Å². The lowest BCUT2D eigenvalue weighted by Gasteiger charge is -2.61. The molecule has 1 aliphatic heterocycles. The highest BCUT2D eigenvalue weighted by molar-refractivity contribution is 6.61. The number of nitrogens with one attached hydrogen (secondary N) is 1. The fraction of sp³-hybridized carbons (Fsp3) is 0.679. The van der Waals surface area contributed by atoms with Crippen LogP contribution in [0.5, 0.6) is 0 Å². The number of carbonyl (C=O) groups is 2. The molecule has 8 nitrogen and oxygen atoms in total. The molecule has 4 aliphatic rings. The van der Waals surface area contributed by atoms with Crippen molar-refractivity contribution in [3.05, 3.63) is 30.6 Å². The molecule has 3 aliphatic carbocycles. The fourth-order valence-corrected chi connectivity index (χ4v) is 8.06. The van der Waals surface area contributed by atoms with Gasteiger partial charge in [0.1, 0.15) is 18.4 Å². The van der Waals surface area contributed by atoms with Gasteiger partial charge < -0.3 is 24.8 Å². The normalized spacial score (nSPS) is 40.9. The van der Waals surface area contributed by atoms with E-state index in [1.165, 1.54) is 0 Å². The minimum Gasteiger partial charge on any atom is -0.460 e. The average molecular weight is 510 g/mol. The number of aromatic nitrogens is 1. The van der Waals surface area contributed by atoms with Crippen LogP contribution in [0.4, 0.5) is 5.69 Å². The summed E-state index contributed by atoms with van der Waals surface area (Å²) in [7, 11) is -1.02. The van der Waals surface area contributed by atoms with Gasteiger partial charge in [-0.25, -0.2) is 0 Å². The Bertz CT molecular complexity index is 1110. The quantitative estimate of drug-likeness (QED) is 0.315. The van der Waals surface area contributed by atoms with E-state index in [1.807, 2.05) is 6.92 Å². The van der Waals surface area contributed by atoms with Crippen molar-refractivity contribution < 1.29 is 29.1 Å². The van der Waals surface area contributed by atoms with E-state index in [9.17, 15) is 19.7 Å². The van der Waals surface area contributed by atoms with Crippen LogP contribution in [-0.4, -0.2) is 52.7 Å². The number of hydrogen-bond donors (Lipinski definition) is 3. The highest BCUT2D eigenvalue weighted by Gasteiger charge is 2.68. The number of hydrogen-bond acceptors (Lipinski definition) is 8. The van der Waals surface area contributed by atoms with Gasteiger partial charge >= 0.3 is 13.1 Å². The van der Waals surface area contributed by atoms with Crippen LogP contribution in [0.15, 0.2) is 24.9 Å². The molecule has 1 aromatic heterocycles. The first kappa shape index (κ1) is 26.4. The van der Waals surface area contributed by atoms with Crippen molar-refractivity contribution in [3.63, 3.8) is 0 Å². The van der Waals surface area contributed by atoms with Crippen LogP contribution in [-0.2, 0) is 25.6 Å². The first-order chi connectivity index (χ1) is 17.5. The van der Waals surface area contributed by atoms with Gasteiger partial charge in [0.15, 0.2) is 0 Å². The minimum atomic E-state index is -1.02. The Balaban J connectivity index is 1.43. The Hall–Kier alpha value is -2.23. The summed E-state index contributed by atoms with van der Waals surface area (Å²) in [4.78, 5) is 31.0. The molecule has 0 spiro atoms. The molecule has 0 saturated heterocycles. The number of rotatable bonds is 5. The fourth-order valence-electron chi connectivity index (χ4n) is 8.06. The Labute approximate surface area is 219 Å². The molecule has 3 fully saturated rings. The molecule has 2 bridgehead atoms. The van der Waals surface area contributed by atoms with Crippen molar-refractivity contribution in [2.45, 2.75) is 78.6 Å². The standard InChI is InChI=1S/C28H39BN2O6/c1-6-26(4)12-22(37-23(33)14-30-18-11-19-20(31-13-18)15-36-29(19)35)27(5)16(2)7-9-28(17(3)25(26)34)10-8-21(32)24(27)28/h6,11,13,16-17,22,24-25,30,34-35H,1,7-10,12,14-15H2,2-5H3/t16-,17-,22+,24-,25-,26+,27-,28-/m0/s1. The first-order valence-corrected chi connectivity index (χ1v) is 13.5. The van der Waals surface area contributed by atoms with Crippen molar-refractivity contribution in [2.24, 2.45) is 34.0 Å². The highest BCUT2D eigenvalue weighted by atomic mass is 16.5. The van der Waals surface area contributed by atoms with Crippen molar-refractivity contribution in [2.75, 3.05) is 11.9 Å². The van der Waals surface area contributed by atoms with E-state index < -0.39 is 36.1 Å². The van der Waals surface area contributed by atoms with Crippen LogP contribution in [0.25, 0.3) is 0 Å². The summed E-state index contributed by atoms with van der Waals surface area (Å²) in [5.41, 5.74) is 0.333. The molecule has 8 atom stereocenters. The Kier molecular flexibility index (Phi) is 6.57. The number of anilines is 1. The van der Waals surface area contributed by atoms with Crippen LogP contribution in [0.3, 0.4) is 0 Å². The molecule has 0 unspecified atom stereocenters. The second-order valence-electron chi connectivity index (χ2n) is 12.3. The Morgan fingerprint density at radius 1 is 1.38 bits per heavy atom. The van der Waals surface area contributed by atoms with Crippen LogP contribution < -0.4 is 10.8 Å². The van der Waals surface area contributed by atoms with Gasteiger partial charge in [-0.3, -0.25) is 14.6 Å². The summed E-state index contributed by atoms with van der Waals surface area (Å²) >= 11 is 0. The number of nitrogens with zero attached hydrogens (tertiary/aromatic N) is 1. The van der Waals surface area contributed by atoms with Gasteiger partial charge in [0.2, 0.25) is 0 Å². The number of aliphatic hydroxyl groups excluding tert-OH is 1. The maximum atomic E-state index is 13.5. The number of pyridine rings is 1. The van der Waals surface area contributed by atoms with Crippen molar-refractivity contribution in [1.82, 2.24) is 4.98 Å². The zero-order valence-electron chi connectivity index (χ0n) is 22.3. The molecule has 9 heteroatoms. The third kappa shape index (κ3) is 3.96. The molecule has 5 rings (SSSR count). The van der Waals surface area contributed by atoms with E-state index in [-0.39, 0.29) is 42.1 Å². The van der Waals surface area contributed by atoms with Gasteiger partial charge in [0.05, 0.1) is 30.3 Å². The lowest BCUT2D eigenvalue weighted by Crippen LogP contribution is -2.63. The summed E-state index contributed by atoms with van der Waals surface area (Å²) in [5, 5.41) is 24.6. The first-order valence-electron chi connectivity index (χ1n) is 13.5. The van der Waals surface area contributed by atoms with Gasteiger partial charge in [-0.2, -0.15) is 0 Å². The third-order valence-electron chi connectivity index (χ3n) is 10.7. The van der Waals surface area contributed by atoms with Gasteiger partial charge in [-0.1, -0.05) is 33.8 Å². The van der Waals surface area contributed by atoms with Gasteiger partial charge in [0, 0.05) is 28.6 Å². The largest absolute Gasteiger partial charge is 0.493 e. The maximum Gasteiger partial charge on any atom is 0.493 e. The molecule has 1 aromatic rings. The molecular weight excluding hydrogens is 471 g/mol. The van der Waals surface area contributed by atoms with Crippen molar-refractivity contribution >= 4 is 30.0 Å².